The molecule has 2 aromatic rings. The summed E-state index contributed by atoms with van der Waals surface area (Å²) in [5.74, 6) is 0.929. The summed E-state index contributed by atoms with van der Waals surface area (Å²) in [6.07, 6.45) is 7.34. The number of hydrogen-bond acceptors (Lipinski definition) is 7. The summed E-state index contributed by atoms with van der Waals surface area (Å²) in [5, 5.41) is 6.66. The van der Waals surface area contributed by atoms with E-state index in [-0.39, 0.29) is 23.8 Å². The topological polar surface area (TPSA) is 97.0 Å². The van der Waals surface area contributed by atoms with E-state index in [2.05, 4.69) is 25.4 Å². The van der Waals surface area contributed by atoms with Crippen molar-refractivity contribution in [1.29, 1.82) is 0 Å². The summed E-state index contributed by atoms with van der Waals surface area (Å²) in [6, 6.07) is 1.98. The van der Waals surface area contributed by atoms with Crippen LogP contribution in [0.5, 0.6) is 0 Å². The zero-order valence-electron chi connectivity index (χ0n) is 12.0. The Morgan fingerprint density at radius 1 is 1.27 bits per heavy atom. The number of nitrogens with one attached hydrogen (secondary N) is 1. The van der Waals surface area contributed by atoms with Gasteiger partial charge in [-0.2, -0.15) is 4.98 Å². The van der Waals surface area contributed by atoms with Crippen LogP contribution in [-0.2, 0) is 0 Å². The van der Waals surface area contributed by atoms with Gasteiger partial charge in [-0.1, -0.05) is 5.16 Å². The lowest BCUT2D eigenvalue weighted by Crippen LogP contribution is -2.27. The van der Waals surface area contributed by atoms with Gasteiger partial charge < -0.3 is 14.7 Å². The van der Waals surface area contributed by atoms with Crippen molar-refractivity contribution in [3.8, 4) is 0 Å². The van der Waals surface area contributed by atoms with Crippen molar-refractivity contribution < 1.29 is 9.32 Å². The molecule has 1 saturated carbocycles. The Labute approximate surface area is 126 Å². The minimum absolute atomic E-state index is 0.0719. The molecule has 0 spiro atoms. The SMILES string of the molecule is O=C(NC1CC1)c1noc(C2CCCN2c2ncccn2)n1. The van der Waals surface area contributed by atoms with Crippen LogP contribution in [0.15, 0.2) is 23.0 Å². The zero-order chi connectivity index (χ0) is 14.9. The normalized spacial score (nSPS) is 21.1. The van der Waals surface area contributed by atoms with Gasteiger partial charge >= 0.3 is 0 Å². The van der Waals surface area contributed by atoms with Gasteiger partial charge in [0.25, 0.3) is 11.7 Å². The van der Waals surface area contributed by atoms with E-state index in [4.69, 9.17) is 4.52 Å². The van der Waals surface area contributed by atoms with Gasteiger partial charge in [-0.05, 0) is 31.7 Å². The van der Waals surface area contributed by atoms with Crippen LogP contribution >= 0.6 is 0 Å². The molecule has 114 valence electrons. The van der Waals surface area contributed by atoms with Crippen LogP contribution < -0.4 is 10.2 Å². The maximum Gasteiger partial charge on any atom is 0.292 e. The average Bonchev–Trinajstić information content (AvgIpc) is 3.06. The van der Waals surface area contributed by atoms with Crippen molar-refractivity contribution in [2.45, 2.75) is 37.8 Å². The Kier molecular flexibility index (Phi) is 3.21. The molecule has 1 atom stereocenters. The molecule has 1 saturated heterocycles. The van der Waals surface area contributed by atoms with Gasteiger partial charge in [0.2, 0.25) is 11.8 Å². The summed E-state index contributed by atoms with van der Waals surface area (Å²) in [7, 11) is 0. The Bertz CT molecular complexity index is 669. The molecule has 8 nitrogen and oxygen atoms in total. The smallest absolute Gasteiger partial charge is 0.292 e. The van der Waals surface area contributed by atoms with Gasteiger partial charge in [-0.15, -0.1) is 0 Å². The summed E-state index contributed by atoms with van der Waals surface area (Å²) in [6.45, 7) is 0.834. The highest BCUT2D eigenvalue weighted by molar-refractivity contribution is 5.90. The molecular formula is C14H16N6O2. The Morgan fingerprint density at radius 2 is 2.09 bits per heavy atom. The first-order valence-corrected chi connectivity index (χ1v) is 7.49. The van der Waals surface area contributed by atoms with Gasteiger partial charge in [-0.3, -0.25) is 4.79 Å². The molecule has 4 rings (SSSR count). The summed E-state index contributed by atoms with van der Waals surface area (Å²) >= 11 is 0. The number of hydrogen-bond donors (Lipinski definition) is 1. The third-order valence-electron chi connectivity index (χ3n) is 3.90. The van der Waals surface area contributed by atoms with Crippen molar-refractivity contribution >= 4 is 11.9 Å². The van der Waals surface area contributed by atoms with E-state index < -0.39 is 0 Å². The van der Waals surface area contributed by atoms with Crippen molar-refractivity contribution in [3.63, 3.8) is 0 Å². The molecule has 0 bridgehead atoms. The van der Waals surface area contributed by atoms with Gasteiger partial charge in [0, 0.05) is 25.0 Å². The first-order chi connectivity index (χ1) is 10.8. The highest BCUT2D eigenvalue weighted by Gasteiger charge is 2.33. The number of aromatic nitrogens is 4. The van der Waals surface area contributed by atoms with E-state index in [0.717, 1.165) is 32.2 Å². The summed E-state index contributed by atoms with van der Waals surface area (Å²) in [5.41, 5.74) is 0. The van der Waals surface area contributed by atoms with E-state index in [1.807, 2.05) is 4.90 Å². The zero-order valence-corrected chi connectivity index (χ0v) is 12.0. The fraction of sp³-hybridized carbons (Fsp3) is 0.500. The second kappa shape index (κ2) is 5.36. The van der Waals surface area contributed by atoms with Crippen molar-refractivity contribution in [2.75, 3.05) is 11.4 Å². The maximum absolute atomic E-state index is 11.9. The van der Waals surface area contributed by atoms with Crippen LogP contribution in [0, 0.1) is 0 Å². The summed E-state index contributed by atoms with van der Waals surface area (Å²) < 4.78 is 5.30. The van der Waals surface area contributed by atoms with Crippen LogP contribution in [0.4, 0.5) is 5.95 Å². The predicted octanol–water partition coefficient (Wildman–Crippen LogP) is 1.09. The number of carbonyl (C=O) groups excluding carboxylic acids is 1. The fourth-order valence-electron chi connectivity index (χ4n) is 2.64. The molecule has 8 heteroatoms. The Morgan fingerprint density at radius 3 is 2.86 bits per heavy atom. The third-order valence-corrected chi connectivity index (χ3v) is 3.90. The molecule has 1 unspecified atom stereocenters. The van der Waals surface area contributed by atoms with Crippen LogP contribution in [0.2, 0.25) is 0 Å². The van der Waals surface area contributed by atoms with Crippen LogP contribution in [0.25, 0.3) is 0 Å². The van der Waals surface area contributed by atoms with E-state index in [0.29, 0.717) is 11.8 Å². The second-order valence-electron chi connectivity index (χ2n) is 5.60. The second-order valence-corrected chi connectivity index (χ2v) is 5.60. The lowest BCUT2D eigenvalue weighted by molar-refractivity contribution is 0.0937. The lowest BCUT2D eigenvalue weighted by atomic mass is 10.2. The molecule has 2 aliphatic rings. The van der Waals surface area contributed by atoms with Crippen LogP contribution in [-0.4, -0.2) is 38.6 Å². The van der Waals surface area contributed by atoms with Crippen LogP contribution in [0.3, 0.4) is 0 Å². The minimum atomic E-state index is -0.266. The van der Waals surface area contributed by atoms with Gasteiger partial charge in [0.1, 0.15) is 6.04 Å². The third kappa shape index (κ3) is 2.51. The van der Waals surface area contributed by atoms with Gasteiger partial charge in [-0.25, -0.2) is 9.97 Å². The highest BCUT2D eigenvalue weighted by atomic mass is 16.5. The Hall–Kier alpha value is -2.51. The molecule has 0 radical (unpaired) electrons. The quantitative estimate of drug-likeness (QED) is 0.902. The van der Waals surface area contributed by atoms with Crippen LogP contribution in [0.1, 0.15) is 48.2 Å². The van der Waals surface area contributed by atoms with E-state index in [9.17, 15) is 4.79 Å². The van der Waals surface area contributed by atoms with Gasteiger partial charge in [0.15, 0.2) is 0 Å². The standard InChI is InChI=1S/C14H16N6O2/c21-12(17-9-4-5-9)11-18-13(22-19-11)10-3-1-8-20(10)14-15-6-2-7-16-14/h2,6-7,9-10H,1,3-5,8H2,(H,17,21). The molecule has 1 N–H and O–H groups in total. The first-order valence-electron chi connectivity index (χ1n) is 7.49. The van der Waals surface area contributed by atoms with E-state index in [1.54, 1.807) is 18.5 Å². The fourth-order valence-corrected chi connectivity index (χ4v) is 2.64. The number of anilines is 1. The Balaban J connectivity index is 1.53. The molecule has 1 aliphatic carbocycles. The lowest BCUT2D eigenvalue weighted by Gasteiger charge is -2.21. The number of carbonyl (C=O) groups is 1. The molecule has 22 heavy (non-hydrogen) atoms. The van der Waals surface area contributed by atoms with Crippen molar-refractivity contribution in [1.82, 2.24) is 25.4 Å². The van der Waals surface area contributed by atoms with E-state index in [1.165, 1.54) is 0 Å². The molecule has 1 amide bonds. The molecule has 2 fully saturated rings. The van der Waals surface area contributed by atoms with E-state index >= 15 is 0 Å². The monoisotopic (exact) mass is 300 g/mol. The highest BCUT2D eigenvalue weighted by Crippen LogP contribution is 2.33. The molecular weight excluding hydrogens is 284 g/mol. The van der Waals surface area contributed by atoms with Crippen molar-refractivity contribution in [3.05, 3.63) is 30.2 Å². The number of rotatable bonds is 4. The predicted molar refractivity (Wildman–Crippen MR) is 76.1 cm³/mol. The number of nitrogens with zero attached hydrogens (tertiary/aromatic N) is 5. The summed E-state index contributed by atoms with van der Waals surface area (Å²) in [4.78, 5) is 26.8. The molecule has 2 aromatic heterocycles. The average molecular weight is 300 g/mol. The minimum Gasteiger partial charge on any atom is -0.346 e. The molecule has 1 aliphatic heterocycles. The largest absolute Gasteiger partial charge is 0.346 e. The number of amides is 1. The van der Waals surface area contributed by atoms with Gasteiger partial charge in [0.05, 0.1) is 0 Å². The van der Waals surface area contributed by atoms with Crippen molar-refractivity contribution in [2.24, 2.45) is 0 Å². The maximum atomic E-state index is 11.9. The first kappa shape index (κ1) is 13.2. The molecule has 0 aromatic carbocycles. The molecule has 3 heterocycles.